The predicted octanol–water partition coefficient (Wildman–Crippen LogP) is 6.19. The van der Waals surface area contributed by atoms with Gasteiger partial charge in [-0.3, -0.25) is 9.59 Å². The lowest BCUT2D eigenvalue weighted by molar-refractivity contribution is -0.118. The van der Waals surface area contributed by atoms with E-state index in [1.54, 1.807) is 18.2 Å². The molecule has 1 atom stereocenters. The number of ether oxygens (including phenoxy) is 3. The number of nitrogens with one attached hydrogen (secondary N) is 1. The van der Waals surface area contributed by atoms with Gasteiger partial charge in [-0.2, -0.15) is 0 Å². The van der Waals surface area contributed by atoms with Gasteiger partial charge in [-0.15, -0.1) is 11.3 Å². The highest BCUT2D eigenvalue weighted by Crippen LogP contribution is 2.40. The Hall–Kier alpha value is -4.11. The SMILES string of the molecule is COC(=O)c1c(NC(=O)COc2ccc3c(=O)c(Oc4cc(C)cc(C)c4)coc3c2)sc2c1CCC(C)C2. The Morgan fingerprint density at radius 3 is 2.62 bits per heavy atom. The molecule has 0 radical (unpaired) electrons. The molecule has 1 unspecified atom stereocenters. The van der Waals surface area contributed by atoms with Crippen molar-refractivity contribution in [2.24, 2.45) is 5.92 Å². The molecule has 0 spiro atoms. The molecule has 5 rings (SSSR count). The summed E-state index contributed by atoms with van der Waals surface area (Å²) >= 11 is 1.42. The molecule has 0 bridgehead atoms. The minimum Gasteiger partial charge on any atom is -0.484 e. The summed E-state index contributed by atoms with van der Waals surface area (Å²) in [5.41, 5.74) is 3.44. The van der Waals surface area contributed by atoms with Crippen LogP contribution in [0, 0.1) is 19.8 Å². The number of rotatable bonds is 7. The second-order valence-electron chi connectivity index (χ2n) is 9.90. The number of carbonyl (C=O) groups excluding carboxylic acids is 2. The normalized spacial score (nSPS) is 14.5. The van der Waals surface area contributed by atoms with Crippen molar-refractivity contribution in [1.82, 2.24) is 0 Å². The van der Waals surface area contributed by atoms with Crippen molar-refractivity contribution in [2.75, 3.05) is 19.0 Å². The monoisotopic (exact) mass is 547 g/mol. The van der Waals surface area contributed by atoms with E-state index >= 15 is 0 Å². The number of aryl methyl sites for hydroxylation is 2. The van der Waals surface area contributed by atoms with E-state index in [1.165, 1.54) is 24.7 Å². The van der Waals surface area contributed by atoms with Crippen molar-refractivity contribution < 1.29 is 28.2 Å². The van der Waals surface area contributed by atoms with E-state index in [1.807, 2.05) is 32.0 Å². The molecule has 1 aliphatic rings. The van der Waals surface area contributed by atoms with Crippen LogP contribution in [0.4, 0.5) is 5.00 Å². The van der Waals surface area contributed by atoms with Crippen LogP contribution in [0.25, 0.3) is 11.0 Å². The third-order valence-corrected chi connectivity index (χ3v) is 7.83. The minimum atomic E-state index is -0.455. The van der Waals surface area contributed by atoms with E-state index < -0.39 is 11.9 Å². The summed E-state index contributed by atoms with van der Waals surface area (Å²) in [6, 6.07) is 10.4. The number of methoxy groups -OCH3 is 1. The third kappa shape index (κ3) is 5.68. The molecule has 0 saturated heterocycles. The zero-order valence-corrected chi connectivity index (χ0v) is 23.0. The molecule has 8 nitrogen and oxygen atoms in total. The van der Waals surface area contributed by atoms with E-state index in [9.17, 15) is 14.4 Å². The molecule has 9 heteroatoms. The molecule has 4 aromatic rings. The van der Waals surface area contributed by atoms with Gasteiger partial charge in [0.25, 0.3) is 5.91 Å². The lowest BCUT2D eigenvalue weighted by atomic mass is 9.88. The van der Waals surface area contributed by atoms with Crippen LogP contribution >= 0.6 is 11.3 Å². The number of esters is 1. The topological polar surface area (TPSA) is 104 Å². The molecule has 39 heavy (non-hydrogen) atoms. The van der Waals surface area contributed by atoms with Crippen LogP contribution in [0.15, 0.2) is 51.9 Å². The van der Waals surface area contributed by atoms with E-state index in [4.69, 9.17) is 18.6 Å². The lowest BCUT2D eigenvalue weighted by Crippen LogP contribution is -2.21. The van der Waals surface area contributed by atoms with Gasteiger partial charge in [-0.05, 0) is 80.0 Å². The summed E-state index contributed by atoms with van der Waals surface area (Å²) in [7, 11) is 1.34. The quantitative estimate of drug-likeness (QED) is 0.275. The first kappa shape index (κ1) is 26.5. The summed E-state index contributed by atoms with van der Waals surface area (Å²) in [6.45, 7) is 5.80. The van der Waals surface area contributed by atoms with Crippen LogP contribution in [-0.2, 0) is 22.4 Å². The average molecular weight is 548 g/mol. The van der Waals surface area contributed by atoms with Crippen molar-refractivity contribution in [3.8, 4) is 17.2 Å². The van der Waals surface area contributed by atoms with Gasteiger partial charge in [-0.1, -0.05) is 13.0 Å². The fourth-order valence-electron chi connectivity index (χ4n) is 4.84. The molecular weight excluding hydrogens is 518 g/mol. The maximum absolute atomic E-state index is 13.0. The number of hydrogen-bond donors (Lipinski definition) is 1. The van der Waals surface area contributed by atoms with Gasteiger partial charge >= 0.3 is 5.97 Å². The number of benzene rings is 2. The second kappa shape index (κ2) is 10.9. The third-order valence-electron chi connectivity index (χ3n) is 6.66. The van der Waals surface area contributed by atoms with E-state index in [2.05, 4.69) is 12.2 Å². The van der Waals surface area contributed by atoms with Gasteiger partial charge in [0.05, 0.1) is 18.1 Å². The first-order valence-electron chi connectivity index (χ1n) is 12.7. The molecule has 1 N–H and O–H groups in total. The first-order chi connectivity index (χ1) is 18.7. The Bertz CT molecular complexity index is 1610. The van der Waals surface area contributed by atoms with E-state index in [-0.39, 0.29) is 17.8 Å². The second-order valence-corrected chi connectivity index (χ2v) is 11.0. The number of anilines is 1. The molecule has 2 aromatic heterocycles. The summed E-state index contributed by atoms with van der Waals surface area (Å²) in [4.78, 5) is 39.3. The summed E-state index contributed by atoms with van der Waals surface area (Å²) in [5, 5.41) is 3.63. The van der Waals surface area contributed by atoms with Crippen LogP contribution in [0.2, 0.25) is 0 Å². The highest BCUT2D eigenvalue weighted by Gasteiger charge is 2.29. The highest BCUT2D eigenvalue weighted by atomic mass is 32.1. The smallest absolute Gasteiger partial charge is 0.341 e. The number of fused-ring (bicyclic) bond motifs is 2. The van der Waals surface area contributed by atoms with Gasteiger partial charge < -0.3 is 23.9 Å². The standard InChI is InChI=1S/C30H29NO7S/c1-16-5-7-22-25(12-16)39-29(27(22)30(34)35-4)31-26(32)15-36-19-6-8-21-23(13-19)37-14-24(28(21)33)38-20-10-17(2)9-18(3)11-20/h6,8-11,13-14,16H,5,7,12,15H2,1-4H3,(H,31,32). The van der Waals surface area contributed by atoms with Gasteiger partial charge in [0, 0.05) is 10.9 Å². The summed E-state index contributed by atoms with van der Waals surface area (Å²) < 4.78 is 22.1. The van der Waals surface area contributed by atoms with Crippen molar-refractivity contribution in [3.05, 3.63) is 80.0 Å². The molecule has 0 saturated carbocycles. The van der Waals surface area contributed by atoms with E-state index in [0.717, 1.165) is 40.8 Å². The molecular formula is C30H29NO7S. The molecule has 202 valence electrons. The first-order valence-corrected chi connectivity index (χ1v) is 13.5. The van der Waals surface area contributed by atoms with Crippen LogP contribution in [0.1, 0.15) is 45.3 Å². The number of carbonyl (C=O) groups is 2. The van der Waals surface area contributed by atoms with Crippen molar-refractivity contribution in [3.63, 3.8) is 0 Å². The van der Waals surface area contributed by atoms with Gasteiger partial charge in [0.15, 0.2) is 6.61 Å². The van der Waals surface area contributed by atoms with Crippen molar-refractivity contribution >= 4 is 39.2 Å². The molecule has 2 heterocycles. The van der Waals surface area contributed by atoms with Crippen LogP contribution in [0.3, 0.4) is 0 Å². The Labute approximate surface area is 229 Å². The number of thiophene rings is 1. The summed E-state index contributed by atoms with van der Waals surface area (Å²) in [5.74, 6) is 0.651. The lowest BCUT2D eigenvalue weighted by Gasteiger charge is -2.18. The number of amides is 1. The Morgan fingerprint density at radius 2 is 1.87 bits per heavy atom. The van der Waals surface area contributed by atoms with Crippen LogP contribution in [-0.4, -0.2) is 25.6 Å². The fraction of sp³-hybridized carbons (Fsp3) is 0.300. The summed E-state index contributed by atoms with van der Waals surface area (Å²) in [6.07, 6.45) is 3.91. The molecule has 0 aliphatic heterocycles. The zero-order chi connectivity index (χ0) is 27.7. The van der Waals surface area contributed by atoms with Crippen molar-refractivity contribution in [2.45, 2.75) is 40.0 Å². The Balaban J connectivity index is 1.28. The van der Waals surface area contributed by atoms with Crippen molar-refractivity contribution in [1.29, 1.82) is 0 Å². The Morgan fingerprint density at radius 1 is 1.10 bits per heavy atom. The van der Waals surface area contributed by atoms with Crippen LogP contribution < -0.4 is 20.2 Å². The molecule has 2 aromatic carbocycles. The highest BCUT2D eigenvalue weighted by molar-refractivity contribution is 7.17. The average Bonchev–Trinajstić information content (AvgIpc) is 3.24. The van der Waals surface area contributed by atoms with Gasteiger partial charge in [0.2, 0.25) is 11.2 Å². The number of hydrogen-bond acceptors (Lipinski definition) is 8. The van der Waals surface area contributed by atoms with E-state index in [0.29, 0.717) is 39.0 Å². The molecule has 1 aliphatic carbocycles. The zero-order valence-electron chi connectivity index (χ0n) is 22.2. The molecule has 1 amide bonds. The predicted molar refractivity (Wildman–Crippen MR) is 149 cm³/mol. The van der Waals surface area contributed by atoms with Gasteiger partial charge in [-0.25, -0.2) is 4.79 Å². The largest absolute Gasteiger partial charge is 0.484 e. The van der Waals surface area contributed by atoms with Gasteiger partial charge in [0.1, 0.15) is 28.3 Å². The fourth-order valence-corrected chi connectivity index (χ4v) is 6.25. The maximum Gasteiger partial charge on any atom is 0.341 e. The molecule has 0 fully saturated rings. The minimum absolute atomic E-state index is 0.0787. The van der Waals surface area contributed by atoms with Crippen LogP contribution in [0.5, 0.6) is 17.2 Å². The Kier molecular flexibility index (Phi) is 7.43. The maximum atomic E-state index is 13.0.